The van der Waals surface area contributed by atoms with Crippen molar-refractivity contribution < 1.29 is 27.5 Å². The molecule has 3 aromatic rings. The third kappa shape index (κ3) is 7.31. The first kappa shape index (κ1) is 29.8. The molecule has 0 bridgehead atoms. The Morgan fingerprint density at radius 2 is 1.57 bits per heavy atom. The Morgan fingerprint density at radius 3 is 2.08 bits per heavy atom. The van der Waals surface area contributed by atoms with E-state index in [1.165, 1.54) is 6.07 Å². The van der Waals surface area contributed by atoms with Gasteiger partial charge in [-0.25, -0.2) is 12.8 Å². The van der Waals surface area contributed by atoms with E-state index in [1.54, 1.807) is 24.3 Å². The monoisotopic (exact) mass is 607 g/mol. The third-order valence-corrected chi connectivity index (χ3v) is 8.30. The van der Waals surface area contributed by atoms with E-state index < -0.39 is 33.8 Å². The number of carbonyl (C=O) groups excluding carboxylic acids is 1. The molecule has 0 radical (unpaired) electrons. The SMILES string of the molecule is CS(=O)(=O)N(c1cc(F)cc(C(=O)NCCCC(=O)O)c1)C1CN(C(c2ccc(Cl)cc2)c2ccc(Cl)cc2)C1. The highest BCUT2D eigenvalue weighted by molar-refractivity contribution is 7.92. The number of carboxylic acids is 1. The molecule has 1 fully saturated rings. The maximum atomic E-state index is 14.6. The summed E-state index contributed by atoms with van der Waals surface area (Å²) in [7, 11) is -3.85. The first-order chi connectivity index (χ1) is 18.9. The highest BCUT2D eigenvalue weighted by Gasteiger charge is 2.41. The normalized spacial score (nSPS) is 14.1. The van der Waals surface area contributed by atoms with Crippen LogP contribution in [0.25, 0.3) is 0 Å². The topological polar surface area (TPSA) is 107 Å². The fraction of sp³-hybridized carbons (Fsp3) is 0.286. The van der Waals surface area contributed by atoms with E-state index in [0.29, 0.717) is 23.1 Å². The van der Waals surface area contributed by atoms with Gasteiger partial charge in [0.05, 0.1) is 24.0 Å². The first-order valence-corrected chi connectivity index (χ1v) is 15.1. The Labute approximate surface area is 242 Å². The molecule has 0 saturated carbocycles. The summed E-state index contributed by atoms with van der Waals surface area (Å²) >= 11 is 12.2. The zero-order valence-corrected chi connectivity index (χ0v) is 23.9. The standard InChI is InChI=1S/C28H28Cl2FN3O5S/c1-40(38,39)34(24-14-20(13-23(31)15-24)28(37)32-12-2-3-26(35)36)25-16-33(17-25)27(18-4-8-21(29)9-5-18)19-6-10-22(30)11-7-19/h4-11,13-15,25,27H,2-3,12,16-17H2,1H3,(H,32,37)(H,35,36). The fourth-order valence-electron chi connectivity index (χ4n) is 4.80. The Morgan fingerprint density at radius 1 is 1.02 bits per heavy atom. The van der Waals surface area contributed by atoms with Gasteiger partial charge >= 0.3 is 5.97 Å². The summed E-state index contributed by atoms with van der Waals surface area (Å²) in [6.45, 7) is 0.771. The smallest absolute Gasteiger partial charge is 0.303 e. The number of halogens is 3. The van der Waals surface area contributed by atoms with Crippen molar-refractivity contribution in [2.24, 2.45) is 0 Å². The van der Waals surface area contributed by atoms with Gasteiger partial charge in [-0.1, -0.05) is 47.5 Å². The molecule has 0 spiro atoms. The molecule has 0 aliphatic carbocycles. The van der Waals surface area contributed by atoms with Crippen LogP contribution in [0.5, 0.6) is 0 Å². The maximum Gasteiger partial charge on any atom is 0.303 e. The van der Waals surface area contributed by atoms with Crippen molar-refractivity contribution in [3.63, 3.8) is 0 Å². The first-order valence-electron chi connectivity index (χ1n) is 12.5. The molecule has 0 aromatic heterocycles. The van der Waals surface area contributed by atoms with Crippen LogP contribution >= 0.6 is 23.2 Å². The molecule has 4 rings (SSSR count). The van der Waals surface area contributed by atoms with Gasteiger partial charge in [0.1, 0.15) is 5.82 Å². The Balaban J connectivity index is 1.57. The molecule has 1 amide bonds. The largest absolute Gasteiger partial charge is 0.481 e. The van der Waals surface area contributed by atoms with Crippen LogP contribution in [0, 0.1) is 5.82 Å². The van der Waals surface area contributed by atoms with Crippen LogP contribution in [-0.4, -0.2) is 62.2 Å². The number of carbonyl (C=O) groups is 2. The highest BCUT2D eigenvalue weighted by atomic mass is 35.5. The molecule has 0 atom stereocenters. The van der Waals surface area contributed by atoms with E-state index in [4.69, 9.17) is 28.3 Å². The van der Waals surface area contributed by atoms with Crippen molar-refractivity contribution >= 4 is 50.8 Å². The number of nitrogens with zero attached hydrogens (tertiary/aromatic N) is 2. The van der Waals surface area contributed by atoms with E-state index in [1.807, 2.05) is 24.3 Å². The number of aliphatic carboxylic acids is 1. The van der Waals surface area contributed by atoms with Gasteiger partial charge in [0.15, 0.2) is 0 Å². The van der Waals surface area contributed by atoms with Gasteiger partial charge in [-0.3, -0.25) is 18.8 Å². The summed E-state index contributed by atoms with van der Waals surface area (Å²) < 4.78 is 41.6. The minimum Gasteiger partial charge on any atom is -0.481 e. The second-order valence-corrected chi connectivity index (χ2v) is 12.4. The lowest BCUT2D eigenvalue weighted by molar-refractivity contribution is -0.137. The summed E-state index contributed by atoms with van der Waals surface area (Å²) in [5.74, 6) is -2.38. The number of carboxylic acid groups (broad SMARTS) is 1. The highest BCUT2D eigenvalue weighted by Crippen LogP contribution is 2.37. The van der Waals surface area contributed by atoms with Crippen LogP contribution in [-0.2, 0) is 14.8 Å². The van der Waals surface area contributed by atoms with E-state index in [2.05, 4.69) is 10.2 Å². The summed E-state index contributed by atoms with van der Waals surface area (Å²) in [4.78, 5) is 25.4. The number of rotatable bonds is 11. The Kier molecular flexibility index (Phi) is 9.35. The van der Waals surface area contributed by atoms with Crippen LogP contribution in [0.1, 0.15) is 40.4 Å². The maximum absolute atomic E-state index is 14.6. The van der Waals surface area contributed by atoms with E-state index in [9.17, 15) is 22.4 Å². The zero-order chi connectivity index (χ0) is 29.0. The summed E-state index contributed by atoms with van der Waals surface area (Å²) in [6.07, 6.45) is 1.13. The number of nitrogens with one attached hydrogen (secondary N) is 1. The minimum absolute atomic E-state index is 0.0392. The number of benzene rings is 3. The van der Waals surface area contributed by atoms with Crippen LogP contribution in [0.2, 0.25) is 10.0 Å². The molecular formula is C28H28Cl2FN3O5S. The molecule has 3 aromatic carbocycles. The quantitative estimate of drug-likeness (QED) is 0.298. The molecule has 1 saturated heterocycles. The summed E-state index contributed by atoms with van der Waals surface area (Å²) in [6, 6.07) is 17.5. The number of amides is 1. The minimum atomic E-state index is -3.85. The predicted molar refractivity (Wildman–Crippen MR) is 153 cm³/mol. The van der Waals surface area contributed by atoms with Gasteiger partial charge in [-0.15, -0.1) is 0 Å². The van der Waals surface area contributed by atoms with Crippen molar-refractivity contribution in [3.8, 4) is 0 Å². The van der Waals surface area contributed by atoms with Gasteiger partial charge in [-0.05, 0) is 60.0 Å². The fourth-order valence-corrected chi connectivity index (χ4v) is 6.22. The molecule has 0 unspecified atom stereocenters. The van der Waals surface area contributed by atoms with Gasteiger partial charge in [0, 0.05) is 41.7 Å². The van der Waals surface area contributed by atoms with Crippen LogP contribution < -0.4 is 9.62 Å². The number of sulfonamides is 1. The van der Waals surface area contributed by atoms with E-state index in [-0.39, 0.29) is 36.7 Å². The zero-order valence-electron chi connectivity index (χ0n) is 21.6. The average Bonchev–Trinajstić information content (AvgIpc) is 2.85. The second kappa shape index (κ2) is 12.6. The molecule has 40 heavy (non-hydrogen) atoms. The van der Waals surface area contributed by atoms with Crippen molar-refractivity contribution in [3.05, 3.63) is 99.3 Å². The Bertz CT molecular complexity index is 1440. The number of hydrogen-bond donors (Lipinski definition) is 2. The number of hydrogen-bond acceptors (Lipinski definition) is 5. The lowest BCUT2D eigenvalue weighted by Crippen LogP contribution is -2.61. The molecule has 8 nitrogen and oxygen atoms in total. The van der Waals surface area contributed by atoms with Gasteiger partial charge in [0.2, 0.25) is 10.0 Å². The molecule has 1 heterocycles. The molecule has 212 valence electrons. The van der Waals surface area contributed by atoms with Crippen LogP contribution in [0.3, 0.4) is 0 Å². The molecule has 1 aliphatic rings. The van der Waals surface area contributed by atoms with E-state index >= 15 is 0 Å². The van der Waals surface area contributed by atoms with Crippen LogP contribution in [0.15, 0.2) is 66.7 Å². The van der Waals surface area contributed by atoms with Gasteiger partial charge < -0.3 is 10.4 Å². The van der Waals surface area contributed by atoms with Crippen LogP contribution in [0.4, 0.5) is 10.1 Å². The van der Waals surface area contributed by atoms with E-state index in [0.717, 1.165) is 33.8 Å². The Hall–Kier alpha value is -3.18. The van der Waals surface area contributed by atoms with Crippen molar-refractivity contribution in [2.75, 3.05) is 30.2 Å². The van der Waals surface area contributed by atoms with Crippen molar-refractivity contribution in [1.29, 1.82) is 0 Å². The van der Waals surface area contributed by atoms with Crippen molar-refractivity contribution in [1.82, 2.24) is 10.2 Å². The number of anilines is 1. The third-order valence-electron chi connectivity index (χ3n) is 6.57. The molecule has 2 N–H and O–H groups in total. The number of likely N-dealkylation sites (tertiary alicyclic amines) is 1. The second-order valence-electron chi connectivity index (χ2n) is 9.62. The predicted octanol–water partition coefficient (Wildman–Crippen LogP) is 4.97. The van der Waals surface area contributed by atoms with Crippen molar-refractivity contribution in [2.45, 2.75) is 24.9 Å². The summed E-state index contributed by atoms with van der Waals surface area (Å²) in [5, 5.41) is 12.5. The average molecular weight is 609 g/mol. The molecular weight excluding hydrogens is 580 g/mol. The summed E-state index contributed by atoms with van der Waals surface area (Å²) in [5.41, 5.74) is 1.90. The lowest BCUT2D eigenvalue weighted by atomic mass is 9.93. The van der Waals surface area contributed by atoms with Gasteiger partial charge in [0.25, 0.3) is 5.91 Å². The van der Waals surface area contributed by atoms with Gasteiger partial charge in [-0.2, -0.15) is 0 Å². The molecule has 12 heteroatoms. The lowest BCUT2D eigenvalue weighted by Gasteiger charge is -2.48. The molecule has 1 aliphatic heterocycles.